The first-order valence-electron chi connectivity index (χ1n) is 9.08. The van der Waals surface area contributed by atoms with Crippen LogP contribution in [0.5, 0.6) is 0 Å². The topological polar surface area (TPSA) is 61.4 Å². The number of urea groups is 1. The van der Waals surface area contributed by atoms with Gasteiger partial charge in [-0.05, 0) is 37.1 Å². The number of nitrogens with one attached hydrogen (secondary N) is 2. The van der Waals surface area contributed by atoms with Crippen molar-refractivity contribution in [2.24, 2.45) is 5.92 Å². The van der Waals surface area contributed by atoms with Gasteiger partial charge in [-0.1, -0.05) is 25.3 Å². The van der Waals surface area contributed by atoms with E-state index in [4.69, 9.17) is 0 Å². The highest BCUT2D eigenvalue weighted by atomic mass is 32.1. The zero-order valence-electron chi connectivity index (χ0n) is 14.1. The second kappa shape index (κ2) is 8.51. The first-order chi connectivity index (χ1) is 11.7. The van der Waals surface area contributed by atoms with Crippen LogP contribution < -0.4 is 10.6 Å². The van der Waals surface area contributed by atoms with E-state index in [1.54, 1.807) is 11.3 Å². The Bertz CT molecular complexity index is 540. The van der Waals surface area contributed by atoms with Gasteiger partial charge in [0.05, 0.1) is 0 Å². The summed E-state index contributed by atoms with van der Waals surface area (Å²) < 4.78 is 0. The van der Waals surface area contributed by atoms with E-state index < -0.39 is 0 Å². The minimum Gasteiger partial charge on any atom is -0.340 e. The van der Waals surface area contributed by atoms with Gasteiger partial charge in [0.25, 0.3) is 0 Å². The quantitative estimate of drug-likeness (QED) is 0.859. The molecule has 3 amide bonds. The molecule has 0 bridgehead atoms. The molecule has 1 saturated carbocycles. The van der Waals surface area contributed by atoms with Crippen molar-refractivity contribution < 1.29 is 9.59 Å². The summed E-state index contributed by atoms with van der Waals surface area (Å²) in [7, 11) is 0. The lowest BCUT2D eigenvalue weighted by molar-refractivity contribution is -0.135. The van der Waals surface area contributed by atoms with Gasteiger partial charge in [-0.25, -0.2) is 4.79 Å². The van der Waals surface area contributed by atoms with E-state index in [0.717, 1.165) is 32.2 Å². The number of carbonyl (C=O) groups excluding carboxylic acids is 2. The Hall–Kier alpha value is -1.56. The lowest BCUT2D eigenvalue weighted by atomic mass is 9.88. The predicted molar refractivity (Wildman–Crippen MR) is 96.1 cm³/mol. The van der Waals surface area contributed by atoms with Crippen LogP contribution in [0.2, 0.25) is 0 Å². The van der Waals surface area contributed by atoms with Gasteiger partial charge in [0.2, 0.25) is 5.91 Å². The summed E-state index contributed by atoms with van der Waals surface area (Å²) in [6.45, 7) is 2.08. The molecule has 3 rings (SSSR count). The Morgan fingerprint density at radius 3 is 2.79 bits per heavy atom. The van der Waals surface area contributed by atoms with Gasteiger partial charge in [0.15, 0.2) is 0 Å². The fourth-order valence-corrected chi connectivity index (χ4v) is 4.39. The van der Waals surface area contributed by atoms with Gasteiger partial charge in [-0.2, -0.15) is 0 Å². The van der Waals surface area contributed by atoms with Gasteiger partial charge < -0.3 is 15.5 Å². The second-order valence-electron chi connectivity index (χ2n) is 6.83. The molecule has 1 aliphatic carbocycles. The van der Waals surface area contributed by atoms with E-state index in [0.29, 0.717) is 19.0 Å². The zero-order valence-corrected chi connectivity index (χ0v) is 14.9. The number of rotatable bonds is 5. The number of nitrogens with zero attached hydrogens (tertiary/aromatic N) is 1. The Morgan fingerprint density at radius 1 is 1.21 bits per heavy atom. The van der Waals surface area contributed by atoms with E-state index >= 15 is 0 Å². The summed E-state index contributed by atoms with van der Waals surface area (Å²) in [5.41, 5.74) is 0. The molecule has 1 atom stereocenters. The molecule has 5 nitrogen and oxygen atoms in total. The summed E-state index contributed by atoms with van der Waals surface area (Å²) >= 11 is 1.71. The van der Waals surface area contributed by atoms with Crippen LogP contribution >= 0.6 is 11.3 Å². The largest absolute Gasteiger partial charge is 0.340 e. The van der Waals surface area contributed by atoms with Crippen molar-refractivity contribution in [2.75, 3.05) is 19.6 Å². The van der Waals surface area contributed by atoms with E-state index in [-0.39, 0.29) is 18.0 Å². The molecular weight excluding hydrogens is 322 g/mol. The zero-order chi connectivity index (χ0) is 16.8. The molecule has 2 aliphatic rings. The average molecular weight is 350 g/mol. The molecule has 1 aromatic rings. The Morgan fingerprint density at radius 2 is 2.04 bits per heavy atom. The minimum absolute atomic E-state index is 0.0827. The van der Waals surface area contributed by atoms with Gasteiger partial charge in [-0.15, -0.1) is 11.3 Å². The van der Waals surface area contributed by atoms with Gasteiger partial charge in [-0.3, -0.25) is 4.79 Å². The van der Waals surface area contributed by atoms with Crippen LogP contribution in [0, 0.1) is 5.92 Å². The molecule has 1 saturated heterocycles. The maximum Gasteiger partial charge on any atom is 0.315 e. The summed E-state index contributed by atoms with van der Waals surface area (Å²) in [5.74, 6) is 0.522. The molecule has 1 aromatic heterocycles. The van der Waals surface area contributed by atoms with Gasteiger partial charge in [0.1, 0.15) is 0 Å². The summed E-state index contributed by atoms with van der Waals surface area (Å²) in [6, 6.07) is 4.06. The Kier molecular flexibility index (Phi) is 6.12. The molecule has 1 aliphatic heterocycles. The van der Waals surface area contributed by atoms with Crippen molar-refractivity contribution >= 4 is 23.3 Å². The van der Waals surface area contributed by atoms with Crippen LogP contribution in [-0.4, -0.2) is 42.5 Å². The van der Waals surface area contributed by atoms with Crippen LogP contribution in [0.15, 0.2) is 17.5 Å². The standard InChI is InChI=1S/C18H27N3O2S/c22-17(14-5-2-1-3-6-14)21-11-9-15(13-21)20-18(23)19-10-8-16-7-4-12-24-16/h4,7,12,14-15H,1-3,5-6,8-11,13H2,(H2,19,20,23). The monoisotopic (exact) mass is 349 g/mol. The molecule has 132 valence electrons. The van der Waals surface area contributed by atoms with E-state index in [1.165, 1.54) is 24.1 Å². The van der Waals surface area contributed by atoms with E-state index in [1.807, 2.05) is 16.3 Å². The number of hydrogen-bond donors (Lipinski definition) is 2. The third-order valence-corrected chi connectivity index (χ3v) is 5.96. The molecule has 0 spiro atoms. The first-order valence-corrected chi connectivity index (χ1v) is 9.96. The van der Waals surface area contributed by atoms with Crippen molar-refractivity contribution in [1.29, 1.82) is 0 Å². The molecule has 0 radical (unpaired) electrons. The number of amides is 3. The summed E-state index contributed by atoms with van der Waals surface area (Å²) in [6.07, 6.45) is 7.42. The molecule has 2 N–H and O–H groups in total. The lowest BCUT2D eigenvalue weighted by Crippen LogP contribution is -2.45. The SMILES string of the molecule is O=C(NCCc1cccs1)NC1CCN(C(=O)C2CCCCC2)C1. The van der Waals surface area contributed by atoms with Crippen LogP contribution in [0.3, 0.4) is 0 Å². The van der Waals surface area contributed by atoms with E-state index in [2.05, 4.69) is 16.7 Å². The molecular formula is C18H27N3O2S. The number of hydrogen-bond acceptors (Lipinski definition) is 3. The highest BCUT2D eigenvalue weighted by Crippen LogP contribution is 2.26. The highest BCUT2D eigenvalue weighted by molar-refractivity contribution is 7.09. The van der Waals surface area contributed by atoms with Crippen molar-refractivity contribution in [2.45, 2.75) is 51.0 Å². The Balaban J connectivity index is 1.36. The normalized spacial score (nSPS) is 21.7. The van der Waals surface area contributed by atoms with Gasteiger partial charge >= 0.3 is 6.03 Å². The minimum atomic E-state index is -0.122. The third kappa shape index (κ3) is 4.72. The molecule has 2 fully saturated rings. The fourth-order valence-electron chi connectivity index (χ4n) is 3.68. The smallest absolute Gasteiger partial charge is 0.315 e. The van der Waals surface area contributed by atoms with Crippen LogP contribution in [0.4, 0.5) is 4.79 Å². The predicted octanol–water partition coefficient (Wildman–Crippen LogP) is 2.77. The number of carbonyl (C=O) groups is 2. The lowest BCUT2D eigenvalue weighted by Gasteiger charge is -2.26. The van der Waals surface area contributed by atoms with Crippen molar-refractivity contribution in [3.63, 3.8) is 0 Å². The van der Waals surface area contributed by atoms with Crippen LogP contribution in [-0.2, 0) is 11.2 Å². The fraction of sp³-hybridized carbons (Fsp3) is 0.667. The summed E-state index contributed by atoms with van der Waals surface area (Å²) in [4.78, 5) is 27.7. The summed E-state index contributed by atoms with van der Waals surface area (Å²) in [5, 5.41) is 7.96. The number of thiophene rings is 1. The first kappa shape index (κ1) is 17.3. The van der Waals surface area contributed by atoms with Crippen LogP contribution in [0.25, 0.3) is 0 Å². The maximum atomic E-state index is 12.5. The second-order valence-corrected chi connectivity index (χ2v) is 7.87. The third-order valence-electron chi connectivity index (χ3n) is 5.03. The number of likely N-dealkylation sites (tertiary alicyclic amines) is 1. The van der Waals surface area contributed by atoms with E-state index in [9.17, 15) is 9.59 Å². The van der Waals surface area contributed by atoms with Crippen molar-refractivity contribution in [1.82, 2.24) is 15.5 Å². The Labute approximate surface area is 147 Å². The molecule has 24 heavy (non-hydrogen) atoms. The maximum absolute atomic E-state index is 12.5. The average Bonchev–Trinajstić information content (AvgIpc) is 3.27. The molecule has 1 unspecified atom stereocenters. The molecule has 0 aromatic carbocycles. The van der Waals surface area contributed by atoms with Crippen LogP contribution in [0.1, 0.15) is 43.4 Å². The van der Waals surface area contributed by atoms with Gasteiger partial charge in [0, 0.05) is 36.5 Å². The molecule has 2 heterocycles. The van der Waals surface area contributed by atoms with Crippen molar-refractivity contribution in [3.8, 4) is 0 Å². The van der Waals surface area contributed by atoms with Crippen molar-refractivity contribution in [3.05, 3.63) is 22.4 Å². The molecule has 6 heteroatoms. The highest BCUT2D eigenvalue weighted by Gasteiger charge is 2.31.